The third kappa shape index (κ3) is 5.07. The molecule has 3 aromatic rings. The van der Waals surface area contributed by atoms with Crippen molar-refractivity contribution in [3.05, 3.63) is 54.3 Å². The Kier molecular flexibility index (Phi) is 6.61. The van der Waals surface area contributed by atoms with Crippen molar-refractivity contribution >= 4 is 28.7 Å². The summed E-state index contributed by atoms with van der Waals surface area (Å²) in [6.45, 7) is 5.03. The van der Waals surface area contributed by atoms with Crippen LogP contribution in [-0.2, 0) is 16.0 Å². The summed E-state index contributed by atoms with van der Waals surface area (Å²) in [5.41, 5.74) is 1.02. The molecule has 0 aliphatic rings. The predicted molar refractivity (Wildman–Crippen MR) is 107 cm³/mol. The van der Waals surface area contributed by atoms with Gasteiger partial charge in [-0.1, -0.05) is 6.58 Å². The van der Waals surface area contributed by atoms with Crippen molar-refractivity contribution in [1.82, 2.24) is 0 Å². The molecule has 0 fully saturated rings. The Balaban J connectivity index is 1.62. The van der Waals surface area contributed by atoms with Crippen LogP contribution in [0.25, 0.3) is 22.5 Å². The van der Waals surface area contributed by atoms with Gasteiger partial charge in [-0.05, 0) is 43.3 Å². The van der Waals surface area contributed by atoms with Gasteiger partial charge >= 0.3 is 5.97 Å². The van der Waals surface area contributed by atoms with E-state index >= 15 is 0 Å². The molecule has 148 valence electrons. The molecule has 0 spiro atoms. The number of benzene rings is 1. The van der Waals surface area contributed by atoms with E-state index in [-0.39, 0.29) is 13.2 Å². The zero-order valence-electron chi connectivity index (χ0n) is 15.5. The fraction of sp³-hybridized carbons (Fsp3) is 0.286. The van der Waals surface area contributed by atoms with Crippen LogP contribution in [0.3, 0.4) is 0 Å². The third-order valence-corrected chi connectivity index (χ3v) is 5.09. The Bertz CT molecular complexity index is 970. The monoisotopic (exact) mass is 402 g/mol. The maximum Gasteiger partial charge on any atom is 0.333 e. The molecule has 0 aliphatic heterocycles. The van der Waals surface area contributed by atoms with E-state index < -0.39 is 12.1 Å². The Morgan fingerprint density at radius 2 is 2.04 bits per heavy atom. The van der Waals surface area contributed by atoms with Crippen molar-refractivity contribution in [2.75, 3.05) is 19.0 Å². The summed E-state index contributed by atoms with van der Waals surface area (Å²) in [5, 5.41) is 19.9. The standard InChI is InChI=1S/C21H22O6S/c1-13(2)21(24)25-11-15(23)12-28-17-5-3-14-9-20(27-19(14)10-17)18-6-4-16(26-18)7-8-22/h3-6,9-10,15,22-23H,1,7-8,11-12H2,2H3. The summed E-state index contributed by atoms with van der Waals surface area (Å²) in [5.74, 6) is 1.81. The number of aliphatic hydroxyl groups excluding tert-OH is 2. The molecule has 0 amide bonds. The van der Waals surface area contributed by atoms with Gasteiger partial charge in [0.2, 0.25) is 0 Å². The van der Waals surface area contributed by atoms with Crippen molar-refractivity contribution in [2.45, 2.75) is 24.3 Å². The van der Waals surface area contributed by atoms with Crippen molar-refractivity contribution in [2.24, 2.45) is 0 Å². The largest absolute Gasteiger partial charge is 0.460 e. The van der Waals surface area contributed by atoms with Crippen LogP contribution in [0.1, 0.15) is 12.7 Å². The molecule has 2 heterocycles. The molecule has 0 saturated carbocycles. The first-order chi connectivity index (χ1) is 13.5. The Hall–Kier alpha value is -2.48. The number of ether oxygens (including phenoxy) is 1. The van der Waals surface area contributed by atoms with Crippen LogP contribution in [-0.4, -0.2) is 41.3 Å². The summed E-state index contributed by atoms with van der Waals surface area (Å²) < 4.78 is 16.5. The molecule has 0 radical (unpaired) electrons. The number of fused-ring (bicyclic) bond motifs is 1. The van der Waals surface area contributed by atoms with Gasteiger partial charge in [0.25, 0.3) is 0 Å². The van der Waals surface area contributed by atoms with Gasteiger partial charge < -0.3 is 23.8 Å². The fourth-order valence-corrected chi connectivity index (χ4v) is 3.35. The molecule has 1 atom stereocenters. The topological polar surface area (TPSA) is 93.0 Å². The van der Waals surface area contributed by atoms with Gasteiger partial charge in [-0.2, -0.15) is 0 Å². The zero-order valence-corrected chi connectivity index (χ0v) is 16.3. The predicted octanol–water partition coefficient (Wildman–Crippen LogP) is 3.80. The Morgan fingerprint density at radius 1 is 1.21 bits per heavy atom. The van der Waals surface area contributed by atoms with Gasteiger partial charge in [0.15, 0.2) is 11.5 Å². The molecule has 1 aromatic carbocycles. The molecular formula is C21H22O6S. The smallest absolute Gasteiger partial charge is 0.333 e. The molecule has 0 bridgehead atoms. The highest BCUT2D eigenvalue weighted by molar-refractivity contribution is 7.99. The SMILES string of the molecule is C=C(C)C(=O)OCC(O)CSc1ccc2cc(-c3ccc(CCO)o3)oc2c1. The third-order valence-electron chi connectivity index (χ3n) is 3.95. The Labute approximate surface area is 166 Å². The van der Waals surface area contributed by atoms with E-state index in [2.05, 4.69) is 6.58 Å². The molecule has 0 aliphatic carbocycles. The minimum atomic E-state index is -0.774. The van der Waals surface area contributed by atoms with Crippen LogP contribution in [0.2, 0.25) is 0 Å². The molecular weight excluding hydrogens is 380 g/mol. The van der Waals surface area contributed by atoms with Crippen molar-refractivity contribution < 1.29 is 28.6 Å². The number of esters is 1. The molecule has 2 N–H and O–H groups in total. The van der Waals surface area contributed by atoms with Gasteiger partial charge in [0, 0.05) is 28.0 Å². The maximum absolute atomic E-state index is 11.4. The van der Waals surface area contributed by atoms with Crippen molar-refractivity contribution in [3.63, 3.8) is 0 Å². The highest BCUT2D eigenvalue weighted by Gasteiger charge is 2.13. The van der Waals surface area contributed by atoms with Crippen LogP contribution in [0, 0.1) is 0 Å². The van der Waals surface area contributed by atoms with Gasteiger partial charge in [0.1, 0.15) is 18.0 Å². The van der Waals surface area contributed by atoms with E-state index in [9.17, 15) is 9.90 Å². The highest BCUT2D eigenvalue weighted by Crippen LogP contribution is 2.32. The zero-order chi connectivity index (χ0) is 20.1. The first kappa shape index (κ1) is 20.3. The number of hydrogen-bond acceptors (Lipinski definition) is 7. The molecule has 28 heavy (non-hydrogen) atoms. The lowest BCUT2D eigenvalue weighted by molar-refractivity contribution is -0.141. The second kappa shape index (κ2) is 9.14. The normalized spacial score (nSPS) is 12.2. The van der Waals surface area contributed by atoms with Crippen molar-refractivity contribution in [3.8, 4) is 11.5 Å². The number of carbonyl (C=O) groups is 1. The molecule has 7 heteroatoms. The van der Waals surface area contributed by atoms with Gasteiger partial charge in [-0.15, -0.1) is 11.8 Å². The molecule has 3 rings (SSSR count). The van der Waals surface area contributed by atoms with E-state index in [1.165, 1.54) is 11.8 Å². The summed E-state index contributed by atoms with van der Waals surface area (Å²) in [6.07, 6.45) is -0.311. The van der Waals surface area contributed by atoms with E-state index in [0.29, 0.717) is 40.6 Å². The molecule has 6 nitrogen and oxygen atoms in total. The second-order valence-electron chi connectivity index (χ2n) is 6.39. The van der Waals surface area contributed by atoms with E-state index in [1.54, 1.807) is 6.92 Å². The summed E-state index contributed by atoms with van der Waals surface area (Å²) in [7, 11) is 0. The number of carbonyl (C=O) groups excluding carboxylic acids is 1. The van der Waals surface area contributed by atoms with E-state index in [0.717, 1.165) is 10.3 Å². The molecule has 2 aromatic heterocycles. The van der Waals surface area contributed by atoms with Crippen LogP contribution in [0.15, 0.2) is 62.3 Å². The highest BCUT2D eigenvalue weighted by atomic mass is 32.2. The summed E-state index contributed by atoms with van der Waals surface area (Å²) in [6, 6.07) is 11.3. The van der Waals surface area contributed by atoms with Gasteiger partial charge in [-0.3, -0.25) is 0 Å². The van der Waals surface area contributed by atoms with E-state index in [4.69, 9.17) is 18.7 Å². The van der Waals surface area contributed by atoms with Gasteiger partial charge in [-0.25, -0.2) is 4.79 Å². The van der Waals surface area contributed by atoms with Crippen LogP contribution in [0.4, 0.5) is 0 Å². The number of hydrogen-bond donors (Lipinski definition) is 2. The quantitative estimate of drug-likeness (QED) is 0.319. The number of rotatable bonds is 9. The number of thioether (sulfide) groups is 1. The Morgan fingerprint density at radius 3 is 2.79 bits per heavy atom. The van der Waals surface area contributed by atoms with Crippen LogP contribution >= 0.6 is 11.8 Å². The number of aliphatic hydroxyl groups is 2. The van der Waals surface area contributed by atoms with Gasteiger partial charge in [0.05, 0.1) is 12.7 Å². The second-order valence-corrected chi connectivity index (χ2v) is 7.49. The fourth-order valence-electron chi connectivity index (χ4n) is 2.51. The maximum atomic E-state index is 11.4. The molecule has 0 saturated heterocycles. The van der Waals surface area contributed by atoms with Crippen LogP contribution < -0.4 is 0 Å². The first-order valence-electron chi connectivity index (χ1n) is 8.83. The summed E-state index contributed by atoms with van der Waals surface area (Å²) >= 11 is 1.44. The van der Waals surface area contributed by atoms with Crippen molar-refractivity contribution in [1.29, 1.82) is 0 Å². The lowest BCUT2D eigenvalue weighted by Crippen LogP contribution is -2.21. The lowest BCUT2D eigenvalue weighted by Gasteiger charge is -2.11. The minimum Gasteiger partial charge on any atom is -0.460 e. The first-order valence-corrected chi connectivity index (χ1v) is 9.82. The van der Waals surface area contributed by atoms with E-state index in [1.807, 2.05) is 36.4 Å². The summed E-state index contributed by atoms with van der Waals surface area (Å²) in [4.78, 5) is 12.3. The average Bonchev–Trinajstić information content (AvgIpc) is 3.30. The number of furan rings is 2. The molecule has 1 unspecified atom stereocenters. The van der Waals surface area contributed by atoms with Crippen LogP contribution in [0.5, 0.6) is 0 Å². The average molecular weight is 402 g/mol. The lowest BCUT2D eigenvalue weighted by atomic mass is 10.2. The minimum absolute atomic E-state index is 0.0336.